The van der Waals surface area contributed by atoms with Gasteiger partial charge in [-0.2, -0.15) is 5.26 Å². The van der Waals surface area contributed by atoms with E-state index in [1.807, 2.05) is 0 Å². The fourth-order valence-electron chi connectivity index (χ4n) is 3.49. The van der Waals surface area contributed by atoms with Crippen LogP contribution in [0.1, 0.15) is 18.7 Å². The minimum absolute atomic E-state index is 0.358. The van der Waals surface area contributed by atoms with Crippen LogP contribution in [0.5, 0.6) is 0 Å². The summed E-state index contributed by atoms with van der Waals surface area (Å²) in [5.41, 5.74) is -0.410. The Morgan fingerprint density at radius 3 is 2.92 bits per heavy atom. The van der Waals surface area contributed by atoms with Gasteiger partial charge in [-0.3, -0.25) is 0 Å². The highest BCUT2D eigenvalue weighted by atomic mass is 16.6. The molecule has 134 valence electrons. The van der Waals surface area contributed by atoms with Crippen molar-refractivity contribution < 1.29 is 20.1 Å². The van der Waals surface area contributed by atoms with Crippen LogP contribution in [0.25, 0.3) is 28.6 Å². The lowest BCUT2D eigenvalue weighted by Gasteiger charge is -2.27. The van der Waals surface area contributed by atoms with Gasteiger partial charge in [-0.25, -0.2) is 9.97 Å². The highest BCUT2D eigenvalue weighted by Gasteiger charge is 2.53. The van der Waals surface area contributed by atoms with Crippen molar-refractivity contribution in [2.24, 2.45) is 0 Å². The standard InChI is InChI=1S/C17H17N5O4/c1-8-3-9(4-18)10-5-22(15-12(10)14(21-8)19-7-20-15)16-17(2,25)13(24)11(6-23)26-16/h3,5,7,11,13,16,23-25H,1,6H2,2H3,(H,19,20,21)/t11-,13-,16-,17?/m1/s1. The van der Waals surface area contributed by atoms with Crippen molar-refractivity contribution in [3.05, 3.63) is 29.5 Å². The van der Waals surface area contributed by atoms with E-state index < -0.39 is 30.6 Å². The van der Waals surface area contributed by atoms with E-state index in [1.54, 1.807) is 16.8 Å². The van der Waals surface area contributed by atoms with Gasteiger partial charge >= 0.3 is 0 Å². The summed E-state index contributed by atoms with van der Waals surface area (Å²) in [6.45, 7) is 4.83. The SMILES string of the molecule is C=c1cc(C#N)c2cn([C@@H]3O[C@H](CO)[C@@H](O)C3(C)O)c3ncnc([nH]1)c23. The molecule has 1 fully saturated rings. The van der Waals surface area contributed by atoms with E-state index >= 15 is 0 Å². The average molecular weight is 355 g/mol. The molecule has 4 N–H and O–H groups in total. The van der Waals surface area contributed by atoms with Crippen molar-refractivity contribution in [2.75, 3.05) is 6.61 Å². The second-order valence-electron chi connectivity index (χ2n) is 6.57. The summed E-state index contributed by atoms with van der Waals surface area (Å²) < 4.78 is 7.24. The number of aliphatic hydroxyl groups excluding tert-OH is 2. The van der Waals surface area contributed by atoms with Crippen LogP contribution in [-0.4, -0.2) is 59.3 Å². The molecule has 3 aromatic rings. The summed E-state index contributed by atoms with van der Waals surface area (Å²) >= 11 is 0. The summed E-state index contributed by atoms with van der Waals surface area (Å²) in [6, 6.07) is 3.72. The van der Waals surface area contributed by atoms with Gasteiger partial charge in [0.25, 0.3) is 0 Å². The molecule has 4 heterocycles. The number of nitrogens with zero attached hydrogens (tertiary/aromatic N) is 4. The maximum absolute atomic E-state index is 10.8. The Balaban J connectivity index is 2.05. The Kier molecular flexibility index (Phi) is 3.61. The molecule has 0 aliphatic carbocycles. The maximum atomic E-state index is 10.8. The minimum atomic E-state index is -1.67. The van der Waals surface area contributed by atoms with Gasteiger partial charge in [0.1, 0.15) is 35.4 Å². The first-order valence-electron chi connectivity index (χ1n) is 7.99. The van der Waals surface area contributed by atoms with Gasteiger partial charge in [0, 0.05) is 16.9 Å². The van der Waals surface area contributed by atoms with Crippen molar-refractivity contribution in [1.29, 1.82) is 5.26 Å². The molecule has 4 atom stereocenters. The van der Waals surface area contributed by atoms with Crippen LogP contribution < -0.4 is 5.35 Å². The first kappa shape index (κ1) is 16.7. The van der Waals surface area contributed by atoms with Gasteiger partial charge in [0.2, 0.25) is 0 Å². The lowest BCUT2D eigenvalue weighted by Crippen LogP contribution is -2.44. The number of aromatic amines is 1. The van der Waals surface area contributed by atoms with Crippen molar-refractivity contribution in [1.82, 2.24) is 19.5 Å². The first-order valence-corrected chi connectivity index (χ1v) is 7.99. The fourth-order valence-corrected chi connectivity index (χ4v) is 3.49. The quantitative estimate of drug-likeness (QED) is 0.485. The first-order chi connectivity index (χ1) is 12.4. The molecule has 0 saturated carbocycles. The maximum Gasteiger partial charge on any atom is 0.167 e. The van der Waals surface area contributed by atoms with Crippen LogP contribution in [0, 0.1) is 11.3 Å². The number of hydrogen-bond acceptors (Lipinski definition) is 7. The molecule has 1 aliphatic heterocycles. The largest absolute Gasteiger partial charge is 0.394 e. The van der Waals surface area contributed by atoms with E-state index in [0.717, 1.165) is 0 Å². The summed E-state index contributed by atoms with van der Waals surface area (Å²) in [5.74, 6) is 0. The average Bonchev–Trinajstić information content (AvgIpc) is 3.04. The van der Waals surface area contributed by atoms with E-state index in [2.05, 4.69) is 27.6 Å². The molecular formula is C17H17N5O4. The Morgan fingerprint density at radius 2 is 2.27 bits per heavy atom. The molecule has 9 heteroatoms. The molecule has 0 spiro atoms. The molecular weight excluding hydrogens is 338 g/mol. The van der Waals surface area contributed by atoms with Crippen LogP contribution in [0.2, 0.25) is 0 Å². The number of nitrogens with one attached hydrogen (secondary N) is 1. The van der Waals surface area contributed by atoms with Crippen LogP contribution in [0.15, 0.2) is 18.6 Å². The van der Waals surface area contributed by atoms with Gasteiger partial charge in [0.15, 0.2) is 6.23 Å². The molecule has 1 saturated heterocycles. The lowest BCUT2D eigenvalue weighted by atomic mass is 9.96. The zero-order valence-corrected chi connectivity index (χ0v) is 13.9. The Morgan fingerprint density at radius 1 is 1.50 bits per heavy atom. The van der Waals surface area contributed by atoms with E-state index in [9.17, 15) is 20.6 Å². The monoisotopic (exact) mass is 355 g/mol. The molecule has 0 bridgehead atoms. The minimum Gasteiger partial charge on any atom is -0.394 e. The number of rotatable bonds is 2. The van der Waals surface area contributed by atoms with Crippen LogP contribution >= 0.6 is 0 Å². The third-order valence-corrected chi connectivity index (χ3v) is 4.80. The number of ether oxygens (including phenoxy) is 1. The summed E-state index contributed by atoms with van der Waals surface area (Å²) in [7, 11) is 0. The smallest absolute Gasteiger partial charge is 0.167 e. The molecule has 0 radical (unpaired) electrons. The molecule has 4 rings (SSSR count). The van der Waals surface area contributed by atoms with Gasteiger partial charge < -0.3 is 29.6 Å². The molecule has 3 aromatic heterocycles. The second-order valence-corrected chi connectivity index (χ2v) is 6.57. The molecule has 1 aliphatic rings. The molecule has 0 aromatic carbocycles. The highest BCUT2D eigenvalue weighted by molar-refractivity contribution is 6.06. The zero-order chi connectivity index (χ0) is 18.6. The van der Waals surface area contributed by atoms with E-state index in [-0.39, 0.29) is 0 Å². The van der Waals surface area contributed by atoms with Gasteiger partial charge in [0.05, 0.1) is 23.6 Å². The third kappa shape index (κ3) is 2.17. The predicted molar refractivity (Wildman–Crippen MR) is 91.3 cm³/mol. The van der Waals surface area contributed by atoms with Crippen molar-refractivity contribution in [3.8, 4) is 6.07 Å². The van der Waals surface area contributed by atoms with Crippen molar-refractivity contribution >= 4 is 28.6 Å². The number of aromatic nitrogens is 4. The lowest BCUT2D eigenvalue weighted by molar-refractivity contribution is -0.0947. The normalized spacial score (nSPS) is 28.7. The van der Waals surface area contributed by atoms with Crippen LogP contribution in [0.4, 0.5) is 0 Å². The van der Waals surface area contributed by atoms with Crippen LogP contribution in [-0.2, 0) is 4.74 Å². The van der Waals surface area contributed by atoms with Crippen molar-refractivity contribution in [3.63, 3.8) is 0 Å². The zero-order valence-electron chi connectivity index (χ0n) is 13.9. The molecule has 1 unspecified atom stereocenters. The topological polar surface area (TPSA) is 140 Å². The number of hydrogen-bond donors (Lipinski definition) is 4. The number of nitriles is 1. The molecule has 26 heavy (non-hydrogen) atoms. The van der Waals surface area contributed by atoms with Gasteiger partial charge in [-0.1, -0.05) is 6.58 Å². The van der Waals surface area contributed by atoms with Gasteiger partial charge in [-0.05, 0) is 13.0 Å². The van der Waals surface area contributed by atoms with Crippen LogP contribution in [0.3, 0.4) is 0 Å². The van der Waals surface area contributed by atoms with E-state index in [0.29, 0.717) is 33.0 Å². The summed E-state index contributed by atoms with van der Waals surface area (Å²) in [6.07, 6.45) is -0.245. The highest BCUT2D eigenvalue weighted by Crippen LogP contribution is 2.41. The Hall–Kier alpha value is -2.77. The number of H-pyrrole nitrogens is 1. The summed E-state index contributed by atoms with van der Waals surface area (Å²) in [5, 5.41) is 41.6. The molecule has 9 nitrogen and oxygen atoms in total. The Labute approximate surface area is 147 Å². The fraction of sp³-hybridized carbons (Fsp3) is 0.353. The predicted octanol–water partition coefficient (Wildman–Crippen LogP) is -0.523. The van der Waals surface area contributed by atoms with E-state index in [1.165, 1.54) is 13.3 Å². The summed E-state index contributed by atoms with van der Waals surface area (Å²) in [4.78, 5) is 11.5. The Bertz CT molecular complexity index is 1110. The van der Waals surface area contributed by atoms with Crippen molar-refractivity contribution in [2.45, 2.75) is 31.0 Å². The third-order valence-electron chi connectivity index (χ3n) is 4.80. The second kappa shape index (κ2) is 5.62. The van der Waals surface area contributed by atoms with E-state index in [4.69, 9.17) is 4.74 Å². The molecule has 0 amide bonds. The van der Waals surface area contributed by atoms with Gasteiger partial charge in [-0.15, -0.1) is 0 Å². The number of aliphatic hydroxyl groups is 3.